The van der Waals surface area contributed by atoms with Gasteiger partial charge in [-0.3, -0.25) is 19.1 Å². The van der Waals surface area contributed by atoms with Crippen molar-refractivity contribution in [2.45, 2.75) is 12.8 Å². The van der Waals surface area contributed by atoms with E-state index in [1.165, 1.54) is 0 Å². The van der Waals surface area contributed by atoms with Crippen LogP contribution in [0.25, 0.3) is 21.8 Å². The molecule has 0 aliphatic carbocycles. The summed E-state index contributed by atoms with van der Waals surface area (Å²) in [7, 11) is 0. The molecule has 0 bridgehead atoms. The third kappa shape index (κ3) is 2.81. The maximum absolute atomic E-state index is 13.1. The van der Waals surface area contributed by atoms with E-state index in [2.05, 4.69) is 0 Å². The van der Waals surface area contributed by atoms with Gasteiger partial charge in [0, 0.05) is 17.3 Å². The summed E-state index contributed by atoms with van der Waals surface area (Å²) in [4.78, 5) is 26.3. The Morgan fingerprint density at radius 3 is 2.20 bits per heavy atom. The highest BCUT2D eigenvalue weighted by atomic mass is 16.4. The van der Waals surface area contributed by atoms with Crippen molar-refractivity contribution in [2.75, 3.05) is 19.6 Å². The Labute approximate surface area is 145 Å². The van der Waals surface area contributed by atoms with Crippen molar-refractivity contribution in [2.24, 2.45) is 5.92 Å². The summed E-state index contributed by atoms with van der Waals surface area (Å²) in [5.74, 6) is -1.16. The molecule has 1 aliphatic rings. The number of carbonyl (C=O) groups excluding carboxylic acids is 1. The van der Waals surface area contributed by atoms with E-state index in [-0.39, 0.29) is 18.4 Å². The van der Waals surface area contributed by atoms with Crippen LogP contribution in [0, 0.1) is 5.92 Å². The Kier molecular flexibility index (Phi) is 4.01. The highest BCUT2D eigenvalue weighted by Crippen LogP contribution is 2.28. The molecule has 3 aromatic rings. The molecule has 1 saturated heterocycles. The molecule has 1 aromatic heterocycles. The monoisotopic (exact) mass is 336 g/mol. The fourth-order valence-electron chi connectivity index (χ4n) is 3.85. The van der Waals surface area contributed by atoms with Crippen LogP contribution in [0.5, 0.6) is 0 Å². The minimum absolute atomic E-state index is 0.0107. The summed E-state index contributed by atoms with van der Waals surface area (Å²) < 4.78 is 1.77. The fraction of sp³-hybridized carbons (Fsp3) is 0.300. The van der Waals surface area contributed by atoms with Crippen LogP contribution in [0.2, 0.25) is 0 Å². The third-order valence-electron chi connectivity index (χ3n) is 5.04. The number of hydrogen-bond acceptors (Lipinski definition) is 3. The van der Waals surface area contributed by atoms with E-state index >= 15 is 0 Å². The minimum Gasteiger partial charge on any atom is -0.481 e. The third-order valence-corrected chi connectivity index (χ3v) is 5.04. The molecule has 0 amide bonds. The van der Waals surface area contributed by atoms with Crippen LogP contribution in [0.4, 0.5) is 0 Å². The van der Waals surface area contributed by atoms with Crippen molar-refractivity contribution >= 4 is 33.7 Å². The molecule has 2 aromatic carbocycles. The zero-order valence-corrected chi connectivity index (χ0v) is 13.9. The highest BCUT2D eigenvalue weighted by molar-refractivity contribution is 6.13. The summed E-state index contributed by atoms with van der Waals surface area (Å²) in [5, 5.41) is 11.4. The van der Waals surface area contributed by atoms with Gasteiger partial charge in [0.15, 0.2) is 0 Å². The Hall–Kier alpha value is -2.66. The lowest BCUT2D eigenvalue weighted by Crippen LogP contribution is -2.42. The number of benzene rings is 2. The lowest BCUT2D eigenvalue weighted by molar-refractivity contribution is -0.143. The molecule has 1 aliphatic heterocycles. The Morgan fingerprint density at radius 2 is 1.60 bits per heavy atom. The van der Waals surface area contributed by atoms with Crippen molar-refractivity contribution in [1.29, 1.82) is 0 Å². The summed E-state index contributed by atoms with van der Waals surface area (Å²) in [6.07, 6.45) is 1.51. The van der Waals surface area contributed by atoms with Crippen molar-refractivity contribution < 1.29 is 14.7 Å². The minimum atomic E-state index is -0.769. The average molecular weight is 336 g/mol. The number of carboxylic acids is 1. The first-order valence-electron chi connectivity index (χ1n) is 8.61. The number of likely N-dealkylation sites (tertiary alicyclic amines) is 1. The lowest BCUT2D eigenvalue weighted by atomic mass is 9.98. The number of rotatable bonds is 3. The zero-order chi connectivity index (χ0) is 17.4. The second-order valence-electron chi connectivity index (χ2n) is 6.68. The van der Waals surface area contributed by atoms with Crippen molar-refractivity contribution in [3.8, 4) is 0 Å². The zero-order valence-electron chi connectivity index (χ0n) is 13.9. The van der Waals surface area contributed by atoms with Crippen LogP contribution in [0.15, 0.2) is 48.5 Å². The van der Waals surface area contributed by atoms with Crippen LogP contribution in [-0.2, 0) is 4.79 Å². The highest BCUT2D eigenvalue weighted by Gasteiger charge is 2.27. The first-order chi connectivity index (χ1) is 12.1. The van der Waals surface area contributed by atoms with Crippen LogP contribution in [-0.4, -0.2) is 46.1 Å². The van der Waals surface area contributed by atoms with Gasteiger partial charge >= 0.3 is 5.97 Å². The molecular formula is C20H20N2O3. The molecule has 5 nitrogen and oxygen atoms in total. The average Bonchev–Trinajstić information content (AvgIpc) is 2.96. The van der Waals surface area contributed by atoms with Gasteiger partial charge in [0.25, 0.3) is 0 Å². The van der Waals surface area contributed by atoms with E-state index in [0.29, 0.717) is 13.0 Å². The predicted octanol–water partition coefficient (Wildman–Crippen LogP) is 3.23. The van der Waals surface area contributed by atoms with Crippen molar-refractivity contribution in [3.63, 3.8) is 0 Å². The number of piperidine rings is 1. The van der Waals surface area contributed by atoms with Crippen LogP contribution in [0.1, 0.15) is 17.6 Å². The van der Waals surface area contributed by atoms with Gasteiger partial charge in [-0.15, -0.1) is 0 Å². The molecule has 1 fully saturated rings. The van der Waals surface area contributed by atoms with Gasteiger partial charge in [-0.25, -0.2) is 0 Å². The molecular weight excluding hydrogens is 316 g/mol. The molecule has 0 radical (unpaired) electrons. The normalized spacial score (nSPS) is 18.6. The predicted molar refractivity (Wildman–Crippen MR) is 96.9 cm³/mol. The lowest BCUT2D eigenvalue weighted by Gasteiger charge is -2.30. The van der Waals surface area contributed by atoms with Crippen LogP contribution in [0.3, 0.4) is 0 Å². The second-order valence-corrected chi connectivity index (χ2v) is 6.68. The Bertz CT molecular complexity index is 907. The van der Waals surface area contributed by atoms with E-state index in [4.69, 9.17) is 0 Å². The standard InChI is InChI=1S/C20H20N2O3/c23-19(13-21-11-5-6-14(12-21)20(24)25)22-17-9-3-1-7-15(17)16-8-2-4-10-18(16)22/h1-4,7-10,14H,5-6,11-13H2,(H,24,25). The molecule has 1 unspecified atom stereocenters. The topological polar surface area (TPSA) is 62.5 Å². The molecule has 25 heavy (non-hydrogen) atoms. The number of carbonyl (C=O) groups is 2. The number of para-hydroxylation sites is 2. The SMILES string of the molecule is O=C(O)C1CCCN(CC(=O)n2c3ccccc3c3ccccc32)C1. The van der Waals surface area contributed by atoms with E-state index in [9.17, 15) is 14.7 Å². The molecule has 1 atom stereocenters. The van der Waals surface area contributed by atoms with E-state index in [1.54, 1.807) is 4.57 Å². The van der Waals surface area contributed by atoms with Crippen molar-refractivity contribution in [1.82, 2.24) is 9.47 Å². The second kappa shape index (κ2) is 6.33. The van der Waals surface area contributed by atoms with Gasteiger partial charge in [0.2, 0.25) is 5.91 Å². The molecule has 128 valence electrons. The van der Waals surface area contributed by atoms with Gasteiger partial charge < -0.3 is 5.11 Å². The summed E-state index contributed by atoms with van der Waals surface area (Å²) >= 11 is 0. The summed E-state index contributed by atoms with van der Waals surface area (Å²) in [5.41, 5.74) is 1.81. The number of carboxylic acid groups (broad SMARTS) is 1. The number of nitrogens with zero attached hydrogens (tertiary/aromatic N) is 2. The van der Waals surface area contributed by atoms with E-state index < -0.39 is 5.97 Å². The maximum Gasteiger partial charge on any atom is 0.307 e. The van der Waals surface area contributed by atoms with Gasteiger partial charge in [0.1, 0.15) is 0 Å². The van der Waals surface area contributed by atoms with Crippen molar-refractivity contribution in [3.05, 3.63) is 48.5 Å². The van der Waals surface area contributed by atoms with Crippen LogP contribution < -0.4 is 0 Å². The Morgan fingerprint density at radius 1 is 1.00 bits per heavy atom. The van der Waals surface area contributed by atoms with Crippen LogP contribution >= 0.6 is 0 Å². The largest absolute Gasteiger partial charge is 0.481 e. The van der Waals surface area contributed by atoms with Gasteiger partial charge in [-0.2, -0.15) is 0 Å². The molecule has 5 heteroatoms. The maximum atomic E-state index is 13.1. The number of hydrogen-bond donors (Lipinski definition) is 1. The van der Waals surface area contributed by atoms with E-state index in [1.807, 2.05) is 53.4 Å². The fourth-order valence-corrected chi connectivity index (χ4v) is 3.85. The first kappa shape index (κ1) is 15.8. The summed E-state index contributed by atoms with van der Waals surface area (Å²) in [6.45, 7) is 1.46. The number of fused-ring (bicyclic) bond motifs is 3. The van der Waals surface area contributed by atoms with Gasteiger partial charge in [0.05, 0.1) is 23.5 Å². The summed E-state index contributed by atoms with van der Waals surface area (Å²) in [6, 6.07) is 15.8. The molecule has 0 saturated carbocycles. The van der Waals surface area contributed by atoms with Gasteiger partial charge in [-0.05, 0) is 31.5 Å². The molecule has 1 N–H and O–H groups in total. The van der Waals surface area contributed by atoms with E-state index in [0.717, 1.165) is 34.8 Å². The Balaban J connectivity index is 1.69. The number of aliphatic carboxylic acids is 1. The molecule has 0 spiro atoms. The number of aromatic nitrogens is 1. The smallest absolute Gasteiger partial charge is 0.307 e. The first-order valence-corrected chi connectivity index (χ1v) is 8.61. The quantitative estimate of drug-likeness (QED) is 0.798. The molecule has 2 heterocycles. The molecule has 4 rings (SSSR count). The van der Waals surface area contributed by atoms with Gasteiger partial charge in [-0.1, -0.05) is 36.4 Å².